The van der Waals surface area contributed by atoms with Crippen LogP contribution in [0.5, 0.6) is 0 Å². The number of nitrogens with one attached hydrogen (secondary N) is 2. The Kier molecular flexibility index (Phi) is 5.77. The van der Waals surface area contributed by atoms with Crippen LogP contribution in [0, 0.1) is 0 Å². The lowest BCUT2D eigenvalue weighted by Crippen LogP contribution is -2.24. The fourth-order valence-corrected chi connectivity index (χ4v) is 4.16. The lowest BCUT2D eigenvalue weighted by Gasteiger charge is -2.06. The Labute approximate surface area is 178 Å². The Morgan fingerprint density at radius 3 is 2.43 bits per heavy atom. The highest BCUT2D eigenvalue weighted by atomic mass is 32.1. The molecule has 0 aliphatic carbocycles. The van der Waals surface area contributed by atoms with Crippen molar-refractivity contribution in [1.29, 1.82) is 0 Å². The number of nitrogen functional groups attached to an aromatic ring is 1. The summed E-state index contributed by atoms with van der Waals surface area (Å²) in [5, 5.41) is 6.76. The number of carbonyl (C=O) groups excluding carboxylic acids is 2. The first-order valence-corrected chi connectivity index (χ1v) is 10.4. The molecule has 0 aliphatic heterocycles. The van der Waals surface area contributed by atoms with E-state index in [9.17, 15) is 9.59 Å². The van der Waals surface area contributed by atoms with E-state index < -0.39 is 0 Å². The first kappa shape index (κ1) is 19.7. The molecule has 0 atom stereocenters. The van der Waals surface area contributed by atoms with Crippen LogP contribution in [-0.4, -0.2) is 11.8 Å². The number of thiophene rings is 1. The standard InChI is InChI=1S/C24H21N3O2S/c25-19-8-4-5-9-20(19)27-24(29)22-14-18-11-10-17(12-21(18)30-22)13-23(28)26-15-16-6-2-1-3-7-16/h1-12,14H,13,15,25H2,(H,26,28)(H,27,29). The van der Waals surface area contributed by atoms with Crippen LogP contribution in [0.1, 0.15) is 20.8 Å². The minimum atomic E-state index is -0.198. The second-order valence-electron chi connectivity index (χ2n) is 6.96. The van der Waals surface area contributed by atoms with Crippen LogP contribution in [-0.2, 0) is 17.8 Å². The average molecular weight is 416 g/mol. The van der Waals surface area contributed by atoms with Gasteiger partial charge >= 0.3 is 0 Å². The molecule has 1 aromatic heterocycles. The second kappa shape index (κ2) is 8.80. The fourth-order valence-electron chi connectivity index (χ4n) is 3.14. The smallest absolute Gasteiger partial charge is 0.265 e. The summed E-state index contributed by atoms with van der Waals surface area (Å²) in [4.78, 5) is 25.5. The van der Waals surface area contributed by atoms with E-state index in [1.54, 1.807) is 12.1 Å². The molecule has 4 rings (SSSR count). The molecule has 4 N–H and O–H groups in total. The molecular formula is C24H21N3O2S. The molecular weight excluding hydrogens is 394 g/mol. The summed E-state index contributed by atoms with van der Waals surface area (Å²) < 4.78 is 0.967. The van der Waals surface area contributed by atoms with E-state index in [-0.39, 0.29) is 11.8 Å². The van der Waals surface area contributed by atoms with Crippen molar-refractivity contribution in [2.24, 2.45) is 0 Å². The van der Waals surface area contributed by atoms with E-state index in [1.165, 1.54) is 11.3 Å². The Balaban J connectivity index is 1.42. The van der Waals surface area contributed by atoms with Crippen molar-refractivity contribution in [3.05, 3.63) is 94.9 Å². The van der Waals surface area contributed by atoms with Gasteiger partial charge in [-0.25, -0.2) is 0 Å². The molecule has 1 heterocycles. The van der Waals surface area contributed by atoms with Gasteiger partial charge in [-0.2, -0.15) is 0 Å². The van der Waals surface area contributed by atoms with Crippen molar-refractivity contribution in [2.75, 3.05) is 11.1 Å². The number of benzene rings is 3. The molecule has 30 heavy (non-hydrogen) atoms. The SMILES string of the molecule is Nc1ccccc1NC(=O)c1cc2ccc(CC(=O)NCc3ccccc3)cc2s1. The van der Waals surface area contributed by atoms with Gasteiger partial charge in [0.15, 0.2) is 0 Å². The maximum atomic E-state index is 12.6. The molecule has 0 fully saturated rings. The molecule has 4 aromatic rings. The number of para-hydroxylation sites is 2. The average Bonchev–Trinajstić information content (AvgIpc) is 3.18. The van der Waals surface area contributed by atoms with E-state index in [2.05, 4.69) is 10.6 Å². The normalized spacial score (nSPS) is 10.7. The molecule has 0 bridgehead atoms. The number of hydrogen-bond donors (Lipinski definition) is 3. The van der Waals surface area contributed by atoms with Gasteiger partial charge in [-0.05, 0) is 40.8 Å². The van der Waals surface area contributed by atoms with Crippen molar-refractivity contribution >= 4 is 44.6 Å². The van der Waals surface area contributed by atoms with E-state index in [0.29, 0.717) is 29.2 Å². The quantitative estimate of drug-likeness (QED) is 0.403. The zero-order chi connectivity index (χ0) is 20.9. The van der Waals surface area contributed by atoms with Crippen LogP contribution in [0.25, 0.3) is 10.1 Å². The van der Waals surface area contributed by atoms with E-state index in [1.807, 2.05) is 66.7 Å². The van der Waals surface area contributed by atoms with Crippen LogP contribution < -0.4 is 16.4 Å². The third-order valence-corrected chi connectivity index (χ3v) is 5.81. The summed E-state index contributed by atoms with van der Waals surface area (Å²) >= 11 is 1.40. The number of fused-ring (bicyclic) bond motifs is 1. The van der Waals surface area contributed by atoms with Crippen molar-refractivity contribution < 1.29 is 9.59 Å². The number of carbonyl (C=O) groups is 2. The Morgan fingerprint density at radius 1 is 0.867 bits per heavy atom. The predicted octanol–water partition coefficient (Wildman–Crippen LogP) is 4.59. The van der Waals surface area contributed by atoms with Crippen LogP contribution in [0.4, 0.5) is 11.4 Å². The van der Waals surface area contributed by atoms with Crippen LogP contribution in [0.15, 0.2) is 78.9 Å². The van der Waals surface area contributed by atoms with Crippen molar-refractivity contribution in [3.63, 3.8) is 0 Å². The minimum absolute atomic E-state index is 0.0349. The first-order chi connectivity index (χ1) is 14.6. The number of nitrogens with two attached hydrogens (primary N) is 1. The summed E-state index contributed by atoms with van der Waals surface area (Å²) in [6.45, 7) is 0.508. The van der Waals surface area contributed by atoms with Gasteiger partial charge < -0.3 is 16.4 Å². The van der Waals surface area contributed by atoms with Gasteiger partial charge in [-0.15, -0.1) is 11.3 Å². The zero-order valence-corrected chi connectivity index (χ0v) is 17.0. The maximum Gasteiger partial charge on any atom is 0.265 e. The lowest BCUT2D eigenvalue weighted by atomic mass is 10.1. The molecule has 2 amide bonds. The molecule has 0 unspecified atom stereocenters. The molecule has 5 nitrogen and oxygen atoms in total. The summed E-state index contributed by atoms with van der Waals surface area (Å²) in [6, 6.07) is 24.7. The molecule has 0 saturated carbocycles. The summed E-state index contributed by atoms with van der Waals surface area (Å²) in [7, 11) is 0. The number of rotatable bonds is 6. The lowest BCUT2D eigenvalue weighted by molar-refractivity contribution is -0.120. The highest BCUT2D eigenvalue weighted by Gasteiger charge is 2.13. The molecule has 0 radical (unpaired) electrons. The minimum Gasteiger partial charge on any atom is -0.397 e. The topological polar surface area (TPSA) is 84.2 Å². The molecule has 0 spiro atoms. The van der Waals surface area contributed by atoms with Gasteiger partial charge in [0, 0.05) is 11.2 Å². The third-order valence-electron chi connectivity index (χ3n) is 4.71. The molecule has 0 saturated heterocycles. The van der Waals surface area contributed by atoms with Crippen molar-refractivity contribution in [3.8, 4) is 0 Å². The summed E-state index contributed by atoms with van der Waals surface area (Å²) in [5.74, 6) is -0.233. The fraction of sp³-hybridized carbons (Fsp3) is 0.0833. The van der Waals surface area contributed by atoms with Crippen molar-refractivity contribution in [2.45, 2.75) is 13.0 Å². The number of anilines is 2. The Bertz CT molecular complexity index is 1200. The van der Waals surface area contributed by atoms with Gasteiger partial charge in [-0.3, -0.25) is 9.59 Å². The zero-order valence-electron chi connectivity index (χ0n) is 16.2. The Morgan fingerprint density at radius 2 is 1.63 bits per heavy atom. The van der Waals surface area contributed by atoms with Gasteiger partial charge in [0.1, 0.15) is 0 Å². The highest BCUT2D eigenvalue weighted by Crippen LogP contribution is 2.28. The van der Waals surface area contributed by atoms with Gasteiger partial charge in [0.2, 0.25) is 5.91 Å². The maximum absolute atomic E-state index is 12.6. The highest BCUT2D eigenvalue weighted by molar-refractivity contribution is 7.20. The number of amides is 2. The molecule has 6 heteroatoms. The van der Waals surface area contributed by atoms with Crippen LogP contribution >= 0.6 is 11.3 Å². The summed E-state index contributed by atoms with van der Waals surface area (Å²) in [6.07, 6.45) is 0.294. The summed E-state index contributed by atoms with van der Waals surface area (Å²) in [5.41, 5.74) is 8.99. The largest absolute Gasteiger partial charge is 0.397 e. The van der Waals surface area contributed by atoms with E-state index >= 15 is 0 Å². The first-order valence-electron chi connectivity index (χ1n) is 9.57. The molecule has 0 aliphatic rings. The predicted molar refractivity (Wildman–Crippen MR) is 123 cm³/mol. The third kappa shape index (κ3) is 4.67. The van der Waals surface area contributed by atoms with E-state index in [0.717, 1.165) is 21.2 Å². The van der Waals surface area contributed by atoms with E-state index in [4.69, 9.17) is 5.73 Å². The monoisotopic (exact) mass is 415 g/mol. The second-order valence-corrected chi connectivity index (χ2v) is 8.05. The molecule has 3 aromatic carbocycles. The van der Waals surface area contributed by atoms with Crippen molar-refractivity contribution in [1.82, 2.24) is 5.32 Å². The van der Waals surface area contributed by atoms with Gasteiger partial charge in [0.25, 0.3) is 5.91 Å². The van der Waals surface area contributed by atoms with Crippen LogP contribution in [0.2, 0.25) is 0 Å². The van der Waals surface area contributed by atoms with Gasteiger partial charge in [0.05, 0.1) is 22.7 Å². The van der Waals surface area contributed by atoms with Crippen LogP contribution in [0.3, 0.4) is 0 Å². The molecule has 150 valence electrons. The van der Waals surface area contributed by atoms with Gasteiger partial charge in [-0.1, -0.05) is 54.6 Å². The number of hydrogen-bond acceptors (Lipinski definition) is 4. The Hall–Kier alpha value is -3.64.